The van der Waals surface area contributed by atoms with Gasteiger partial charge in [-0.2, -0.15) is 13.2 Å². The first-order valence-electron chi connectivity index (χ1n) is 4.39. The zero-order valence-corrected chi connectivity index (χ0v) is 8.41. The van der Waals surface area contributed by atoms with Gasteiger partial charge in [-0.15, -0.1) is 0 Å². The molecule has 1 saturated heterocycles. The van der Waals surface area contributed by atoms with Crippen molar-refractivity contribution in [2.24, 2.45) is 0 Å². The van der Waals surface area contributed by atoms with Crippen molar-refractivity contribution in [1.29, 1.82) is 0 Å². The van der Waals surface area contributed by atoms with Crippen LogP contribution in [0.15, 0.2) is 0 Å². The Balaban J connectivity index is 2.23. The minimum atomic E-state index is -4.85. The predicted octanol–water partition coefficient (Wildman–Crippen LogP) is -0.0509. The van der Waals surface area contributed by atoms with Crippen LogP contribution in [0.25, 0.3) is 0 Å². The van der Waals surface area contributed by atoms with E-state index in [1.54, 1.807) is 0 Å². The van der Waals surface area contributed by atoms with Crippen LogP contribution in [0.2, 0.25) is 0 Å². The van der Waals surface area contributed by atoms with Crippen molar-refractivity contribution in [3.63, 3.8) is 0 Å². The molecule has 1 heterocycles. The molecule has 16 heavy (non-hydrogen) atoms. The van der Waals surface area contributed by atoms with E-state index in [4.69, 9.17) is 4.74 Å². The molecule has 5 nitrogen and oxygen atoms in total. The minimum Gasteiger partial charge on any atom is -0.467 e. The van der Waals surface area contributed by atoms with Gasteiger partial charge in [0.15, 0.2) is 0 Å². The summed E-state index contributed by atoms with van der Waals surface area (Å²) < 4.78 is 44.9. The van der Waals surface area contributed by atoms with Crippen molar-refractivity contribution < 1.29 is 32.2 Å². The average Bonchev–Trinajstić information content (AvgIpc) is 2.13. The average molecular weight is 241 g/mol. The molecule has 0 saturated carbocycles. The lowest BCUT2D eigenvalue weighted by atomic mass is 10.1. The van der Waals surface area contributed by atoms with Crippen molar-refractivity contribution in [3.05, 3.63) is 0 Å². The number of carbonyl (C=O) groups excluding carboxylic acids is 2. The quantitative estimate of drug-likeness (QED) is 0.650. The number of esters is 1. The van der Waals surface area contributed by atoms with E-state index in [0.717, 1.165) is 0 Å². The largest absolute Gasteiger partial charge is 0.471 e. The number of ether oxygens (including phenoxy) is 2. The summed E-state index contributed by atoms with van der Waals surface area (Å²) >= 11 is 0. The number of rotatable bonds is 3. The zero-order valence-electron chi connectivity index (χ0n) is 8.41. The highest BCUT2D eigenvalue weighted by molar-refractivity contribution is 5.82. The summed E-state index contributed by atoms with van der Waals surface area (Å²) in [5.74, 6) is -2.49. The van der Waals surface area contributed by atoms with E-state index < -0.39 is 24.2 Å². The number of hydrogen-bond acceptors (Lipinski definition) is 4. The van der Waals surface area contributed by atoms with Gasteiger partial charge in [-0.1, -0.05) is 0 Å². The molecule has 1 rings (SSSR count). The first-order chi connectivity index (χ1) is 7.34. The van der Waals surface area contributed by atoms with Gasteiger partial charge in [-0.3, -0.25) is 4.79 Å². The fraction of sp³-hybridized carbons (Fsp3) is 0.750. The van der Waals surface area contributed by atoms with Gasteiger partial charge in [-0.25, -0.2) is 4.79 Å². The lowest BCUT2D eigenvalue weighted by Crippen LogP contribution is -2.58. The molecule has 8 heteroatoms. The highest BCUT2D eigenvalue weighted by Gasteiger charge is 2.46. The van der Waals surface area contributed by atoms with E-state index in [1.165, 1.54) is 7.11 Å². The maximum Gasteiger partial charge on any atom is 0.471 e. The Kier molecular flexibility index (Phi) is 3.74. The Labute approximate surface area is 89.1 Å². The van der Waals surface area contributed by atoms with Crippen LogP contribution in [-0.2, 0) is 19.1 Å². The summed E-state index contributed by atoms with van der Waals surface area (Å²) in [4.78, 5) is 21.9. The molecule has 0 aliphatic carbocycles. The molecule has 0 aromatic rings. The molecule has 1 amide bonds. The van der Waals surface area contributed by atoms with Crippen LogP contribution in [0, 0.1) is 0 Å². The number of carbonyl (C=O) groups is 2. The standard InChI is InChI=1S/C8H10F3NO4/c1-15-6(13)4-16-5-2-12(3-5)7(14)8(9,10)11/h5H,2-4H2,1H3. The first kappa shape index (κ1) is 12.8. The molecular weight excluding hydrogens is 231 g/mol. The van der Waals surface area contributed by atoms with Crippen LogP contribution in [0.4, 0.5) is 13.2 Å². The van der Waals surface area contributed by atoms with Gasteiger partial charge >= 0.3 is 18.1 Å². The highest BCUT2D eigenvalue weighted by atomic mass is 19.4. The third-order valence-electron chi connectivity index (χ3n) is 2.04. The van der Waals surface area contributed by atoms with E-state index >= 15 is 0 Å². The van der Waals surface area contributed by atoms with Gasteiger partial charge in [0.05, 0.1) is 13.2 Å². The lowest BCUT2D eigenvalue weighted by molar-refractivity contribution is -0.197. The summed E-state index contributed by atoms with van der Waals surface area (Å²) in [7, 11) is 1.17. The fourth-order valence-electron chi connectivity index (χ4n) is 1.13. The Morgan fingerprint density at radius 3 is 2.38 bits per heavy atom. The number of hydrogen-bond donors (Lipinski definition) is 0. The van der Waals surface area contributed by atoms with Crippen LogP contribution in [0.5, 0.6) is 0 Å². The maximum atomic E-state index is 11.9. The van der Waals surface area contributed by atoms with Crippen LogP contribution in [0.1, 0.15) is 0 Å². The highest BCUT2D eigenvalue weighted by Crippen LogP contribution is 2.23. The van der Waals surface area contributed by atoms with Crippen LogP contribution >= 0.6 is 0 Å². The fourth-order valence-corrected chi connectivity index (χ4v) is 1.13. The van der Waals surface area contributed by atoms with Gasteiger partial charge in [-0.05, 0) is 0 Å². The first-order valence-corrected chi connectivity index (χ1v) is 4.39. The van der Waals surface area contributed by atoms with E-state index in [2.05, 4.69) is 4.74 Å². The van der Waals surface area contributed by atoms with Crippen LogP contribution in [-0.4, -0.2) is 55.9 Å². The number of alkyl halides is 3. The number of likely N-dealkylation sites (tertiary alicyclic amines) is 1. The lowest BCUT2D eigenvalue weighted by Gasteiger charge is -2.38. The summed E-state index contributed by atoms with van der Waals surface area (Å²) in [6.45, 7) is -0.639. The van der Waals surface area contributed by atoms with Crippen molar-refractivity contribution in [1.82, 2.24) is 4.90 Å². The molecule has 1 fully saturated rings. The summed E-state index contributed by atoms with van der Waals surface area (Å²) in [5, 5.41) is 0. The van der Waals surface area contributed by atoms with Gasteiger partial charge < -0.3 is 14.4 Å². The SMILES string of the molecule is COC(=O)COC1CN(C(=O)C(F)(F)F)C1. The topological polar surface area (TPSA) is 55.8 Å². The summed E-state index contributed by atoms with van der Waals surface area (Å²) in [6.07, 6.45) is -5.39. The molecule has 0 bridgehead atoms. The van der Waals surface area contributed by atoms with Gasteiger partial charge in [0.2, 0.25) is 0 Å². The van der Waals surface area contributed by atoms with E-state index in [0.29, 0.717) is 4.90 Å². The Morgan fingerprint density at radius 1 is 1.38 bits per heavy atom. The Morgan fingerprint density at radius 2 is 1.94 bits per heavy atom. The molecular formula is C8H10F3NO4. The molecule has 0 N–H and O–H groups in total. The van der Waals surface area contributed by atoms with Gasteiger partial charge in [0, 0.05) is 13.1 Å². The number of halogens is 3. The second-order valence-corrected chi connectivity index (χ2v) is 3.22. The third-order valence-corrected chi connectivity index (χ3v) is 2.04. The van der Waals surface area contributed by atoms with E-state index in [-0.39, 0.29) is 19.7 Å². The predicted molar refractivity (Wildman–Crippen MR) is 44.4 cm³/mol. The summed E-state index contributed by atoms with van der Waals surface area (Å²) in [5.41, 5.74) is 0. The van der Waals surface area contributed by atoms with E-state index in [1.807, 2.05) is 0 Å². The van der Waals surface area contributed by atoms with Crippen molar-refractivity contribution in [2.75, 3.05) is 26.8 Å². The molecule has 0 spiro atoms. The normalized spacial score (nSPS) is 16.9. The minimum absolute atomic E-state index is 0.157. The molecule has 0 aromatic carbocycles. The van der Waals surface area contributed by atoms with Crippen LogP contribution < -0.4 is 0 Å². The molecule has 0 atom stereocenters. The van der Waals surface area contributed by atoms with Crippen molar-refractivity contribution in [2.45, 2.75) is 12.3 Å². The second-order valence-electron chi connectivity index (χ2n) is 3.22. The monoisotopic (exact) mass is 241 g/mol. The zero-order chi connectivity index (χ0) is 12.3. The number of methoxy groups -OCH3 is 1. The van der Waals surface area contributed by atoms with Gasteiger partial charge in [0.1, 0.15) is 6.61 Å². The van der Waals surface area contributed by atoms with Crippen molar-refractivity contribution in [3.8, 4) is 0 Å². The third kappa shape index (κ3) is 3.09. The molecule has 1 aliphatic rings. The molecule has 0 radical (unpaired) electrons. The van der Waals surface area contributed by atoms with E-state index in [9.17, 15) is 22.8 Å². The van der Waals surface area contributed by atoms with Crippen molar-refractivity contribution >= 4 is 11.9 Å². The van der Waals surface area contributed by atoms with Gasteiger partial charge in [0.25, 0.3) is 0 Å². The smallest absolute Gasteiger partial charge is 0.467 e. The molecule has 1 aliphatic heterocycles. The Bertz CT molecular complexity index is 285. The molecule has 92 valence electrons. The Hall–Kier alpha value is -1.31. The molecule has 0 aromatic heterocycles. The second kappa shape index (κ2) is 4.69. The number of nitrogens with zero attached hydrogens (tertiary/aromatic N) is 1. The van der Waals surface area contributed by atoms with Crippen LogP contribution in [0.3, 0.4) is 0 Å². The molecule has 0 unspecified atom stereocenters. The summed E-state index contributed by atoms with van der Waals surface area (Å²) in [6, 6.07) is 0. The maximum absolute atomic E-state index is 11.9. The number of amides is 1.